The number of hydrogen-bond donors (Lipinski definition) is 1. The van der Waals surface area contributed by atoms with E-state index in [0.29, 0.717) is 5.52 Å². The lowest BCUT2D eigenvalue weighted by Gasteiger charge is -2.24. The van der Waals surface area contributed by atoms with Gasteiger partial charge in [0.05, 0.1) is 16.6 Å². The highest BCUT2D eigenvalue weighted by Gasteiger charge is 2.32. The van der Waals surface area contributed by atoms with E-state index in [4.69, 9.17) is 5.11 Å². The number of benzene rings is 1. The van der Waals surface area contributed by atoms with Crippen molar-refractivity contribution in [1.29, 1.82) is 0 Å². The van der Waals surface area contributed by atoms with Gasteiger partial charge in [-0.1, -0.05) is 18.1 Å². The highest BCUT2D eigenvalue weighted by Crippen LogP contribution is 2.37. The first kappa shape index (κ1) is 11.2. The van der Waals surface area contributed by atoms with Crippen LogP contribution in [0.4, 0.5) is 0 Å². The van der Waals surface area contributed by atoms with Gasteiger partial charge in [-0.3, -0.25) is 0 Å². The van der Waals surface area contributed by atoms with Gasteiger partial charge in [0.15, 0.2) is 0 Å². The number of aromatic carboxylic acids is 1. The number of carboxylic acids is 1. The normalized spacial score (nSPS) is 18.3. The number of aromatic nitrogens is 3. The zero-order chi connectivity index (χ0) is 12.8. The fourth-order valence-electron chi connectivity index (χ4n) is 2.80. The van der Waals surface area contributed by atoms with E-state index in [-0.39, 0.29) is 11.1 Å². The molecule has 1 aromatic heterocycles. The van der Waals surface area contributed by atoms with Crippen LogP contribution >= 0.6 is 0 Å². The molecule has 18 heavy (non-hydrogen) atoms. The second-order valence-electron chi connectivity index (χ2n) is 5.21. The summed E-state index contributed by atoms with van der Waals surface area (Å²) in [6.45, 7) is 2.19. The van der Waals surface area contributed by atoms with Gasteiger partial charge in [-0.2, -0.15) is 0 Å². The number of carbonyl (C=O) groups is 1. The Morgan fingerprint density at radius 3 is 2.78 bits per heavy atom. The van der Waals surface area contributed by atoms with E-state index in [2.05, 4.69) is 17.2 Å². The van der Waals surface area contributed by atoms with Crippen molar-refractivity contribution in [2.45, 2.75) is 38.1 Å². The summed E-state index contributed by atoms with van der Waals surface area (Å²) >= 11 is 0. The molecule has 1 aliphatic rings. The standard InChI is InChI=1S/C13H15N3O2/c1-13(6-2-3-7-13)16-11-5-4-9(12(17)18)8-10(11)14-15-16/h4-5,8H,2-3,6-7H2,1H3,(H,17,18). The molecule has 2 aromatic rings. The van der Waals surface area contributed by atoms with Crippen molar-refractivity contribution in [3.05, 3.63) is 23.8 Å². The van der Waals surface area contributed by atoms with Gasteiger partial charge in [0.2, 0.25) is 0 Å². The molecule has 0 spiro atoms. The summed E-state index contributed by atoms with van der Waals surface area (Å²) < 4.78 is 1.96. The third-order valence-corrected chi connectivity index (χ3v) is 3.88. The summed E-state index contributed by atoms with van der Waals surface area (Å²) in [7, 11) is 0. The zero-order valence-corrected chi connectivity index (χ0v) is 10.3. The SMILES string of the molecule is CC1(n2nnc3cc(C(=O)O)ccc32)CCCC1. The van der Waals surface area contributed by atoms with Crippen LogP contribution in [-0.2, 0) is 5.54 Å². The van der Waals surface area contributed by atoms with Crippen LogP contribution in [0, 0.1) is 0 Å². The third kappa shape index (κ3) is 1.58. The van der Waals surface area contributed by atoms with Gasteiger partial charge in [0.25, 0.3) is 0 Å². The minimum atomic E-state index is -0.932. The van der Waals surface area contributed by atoms with Crippen molar-refractivity contribution in [2.24, 2.45) is 0 Å². The van der Waals surface area contributed by atoms with Crippen LogP contribution in [0.25, 0.3) is 11.0 Å². The molecule has 1 aliphatic carbocycles. The molecular formula is C13H15N3O2. The van der Waals surface area contributed by atoms with Crippen molar-refractivity contribution in [2.75, 3.05) is 0 Å². The predicted octanol–water partition coefficient (Wildman–Crippen LogP) is 2.42. The van der Waals surface area contributed by atoms with Crippen LogP contribution in [0.1, 0.15) is 43.0 Å². The van der Waals surface area contributed by atoms with E-state index in [0.717, 1.165) is 18.4 Å². The lowest BCUT2D eigenvalue weighted by Crippen LogP contribution is -2.27. The summed E-state index contributed by atoms with van der Waals surface area (Å²) in [5.74, 6) is -0.932. The van der Waals surface area contributed by atoms with E-state index < -0.39 is 5.97 Å². The highest BCUT2D eigenvalue weighted by molar-refractivity contribution is 5.92. The Bertz CT molecular complexity index is 612. The van der Waals surface area contributed by atoms with E-state index in [1.807, 2.05) is 10.7 Å². The molecule has 5 heteroatoms. The second-order valence-corrected chi connectivity index (χ2v) is 5.21. The van der Waals surface area contributed by atoms with Crippen molar-refractivity contribution in [3.8, 4) is 0 Å². The topological polar surface area (TPSA) is 68.0 Å². The molecule has 1 heterocycles. The quantitative estimate of drug-likeness (QED) is 0.882. The Hall–Kier alpha value is -1.91. The fraction of sp³-hybridized carbons (Fsp3) is 0.462. The molecule has 0 amide bonds. The van der Waals surface area contributed by atoms with Gasteiger partial charge < -0.3 is 5.11 Å². The number of fused-ring (bicyclic) bond motifs is 1. The summed E-state index contributed by atoms with van der Waals surface area (Å²) in [6, 6.07) is 5.00. The maximum atomic E-state index is 10.9. The lowest BCUT2D eigenvalue weighted by molar-refractivity contribution is 0.0697. The molecule has 0 radical (unpaired) electrons. The molecule has 1 fully saturated rings. The largest absolute Gasteiger partial charge is 0.478 e. The second kappa shape index (κ2) is 3.80. The molecule has 94 valence electrons. The van der Waals surface area contributed by atoms with Gasteiger partial charge in [-0.05, 0) is 38.0 Å². The van der Waals surface area contributed by atoms with Crippen LogP contribution < -0.4 is 0 Å². The lowest BCUT2D eigenvalue weighted by atomic mass is 10.0. The van der Waals surface area contributed by atoms with E-state index >= 15 is 0 Å². The number of nitrogens with zero attached hydrogens (tertiary/aromatic N) is 3. The fourth-order valence-corrected chi connectivity index (χ4v) is 2.80. The van der Waals surface area contributed by atoms with Gasteiger partial charge >= 0.3 is 5.97 Å². The summed E-state index contributed by atoms with van der Waals surface area (Å²) in [6.07, 6.45) is 4.63. The Morgan fingerprint density at radius 2 is 2.11 bits per heavy atom. The predicted molar refractivity (Wildman–Crippen MR) is 66.6 cm³/mol. The summed E-state index contributed by atoms with van der Waals surface area (Å²) in [4.78, 5) is 10.9. The highest BCUT2D eigenvalue weighted by atomic mass is 16.4. The summed E-state index contributed by atoms with van der Waals surface area (Å²) in [5, 5.41) is 17.3. The molecule has 3 rings (SSSR count). The maximum absolute atomic E-state index is 10.9. The molecule has 1 N–H and O–H groups in total. The zero-order valence-electron chi connectivity index (χ0n) is 10.3. The van der Waals surface area contributed by atoms with Gasteiger partial charge in [-0.15, -0.1) is 5.10 Å². The number of carboxylic acid groups (broad SMARTS) is 1. The Morgan fingerprint density at radius 1 is 1.39 bits per heavy atom. The van der Waals surface area contributed by atoms with Gasteiger partial charge in [-0.25, -0.2) is 9.48 Å². The Labute approximate surface area is 104 Å². The van der Waals surface area contributed by atoms with E-state index in [9.17, 15) is 4.79 Å². The Balaban J connectivity index is 2.12. The average Bonchev–Trinajstić information content (AvgIpc) is 2.94. The Kier molecular flexibility index (Phi) is 2.36. The minimum Gasteiger partial charge on any atom is -0.478 e. The van der Waals surface area contributed by atoms with Crippen LogP contribution in [0.15, 0.2) is 18.2 Å². The van der Waals surface area contributed by atoms with Crippen LogP contribution in [0.3, 0.4) is 0 Å². The van der Waals surface area contributed by atoms with Crippen LogP contribution in [0.5, 0.6) is 0 Å². The number of rotatable bonds is 2. The molecule has 0 atom stereocenters. The average molecular weight is 245 g/mol. The van der Waals surface area contributed by atoms with Crippen LogP contribution in [0.2, 0.25) is 0 Å². The maximum Gasteiger partial charge on any atom is 0.335 e. The third-order valence-electron chi connectivity index (χ3n) is 3.88. The first-order valence-electron chi connectivity index (χ1n) is 6.19. The minimum absolute atomic E-state index is 0.0273. The smallest absolute Gasteiger partial charge is 0.335 e. The first-order chi connectivity index (χ1) is 8.60. The molecule has 5 nitrogen and oxygen atoms in total. The molecule has 0 bridgehead atoms. The monoisotopic (exact) mass is 245 g/mol. The molecule has 0 unspecified atom stereocenters. The van der Waals surface area contributed by atoms with Crippen molar-refractivity contribution >= 4 is 17.0 Å². The first-order valence-corrected chi connectivity index (χ1v) is 6.19. The van der Waals surface area contributed by atoms with Gasteiger partial charge in [0, 0.05) is 0 Å². The molecule has 0 aliphatic heterocycles. The summed E-state index contributed by atoms with van der Waals surface area (Å²) in [5.41, 5.74) is 1.86. The molecular weight excluding hydrogens is 230 g/mol. The molecule has 0 saturated heterocycles. The van der Waals surface area contributed by atoms with Crippen molar-refractivity contribution in [3.63, 3.8) is 0 Å². The van der Waals surface area contributed by atoms with E-state index in [1.165, 1.54) is 12.8 Å². The van der Waals surface area contributed by atoms with Crippen molar-refractivity contribution in [1.82, 2.24) is 15.0 Å². The van der Waals surface area contributed by atoms with Crippen LogP contribution in [-0.4, -0.2) is 26.1 Å². The van der Waals surface area contributed by atoms with Gasteiger partial charge in [0.1, 0.15) is 5.52 Å². The molecule has 1 saturated carbocycles. The number of hydrogen-bond acceptors (Lipinski definition) is 3. The molecule has 1 aromatic carbocycles. The van der Waals surface area contributed by atoms with Crippen molar-refractivity contribution < 1.29 is 9.90 Å². The van der Waals surface area contributed by atoms with E-state index in [1.54, 1.807) is 12.1 Å².